The van der Waals surface area contributed by atoms with Crippen molar-refractivity contribution in [1.82, 2.24) is 5.32 Å². The molecule has 0 radical (unpaired) electrons. The quantitative estimate of drug-likeness (QED) is 0.881. The highest BCUT2D eigenvalue weighted by atomic mass is 79.9. The Hall–Kier alpha value is -1.50. The van der Waals surface area contributed by atoms with E-state index < -0.39 is 40.7 Å². The number of nitrogens with one attached hydrogen (secondary N) is 1. The molecule has 2 atom stereocenters. The zero-order valence-electron chi connectivity index (χ0n) is 11.8. The smallest absolute Gasteiger partial charge is 0.253 e. The molecule has 1 N–H and O–H groups in total. The molecule has 4 nitrogen and oxygen atoms in total. The van der Waals surface area contributed by atoms with E-state index in [1.807, 2.05) is 0 Å². The van der Waals surface area contributed by atoms with Crippen LogP contribution in [-0.2, 0) is 9.59 Å². The fraction of sp³-hybridized carbons (Fsp3) is 0.429. The third kappa shape index (κ3) is 2.54. The zero-order chi connectivity index (χ0) is 15.9. The van der Waals surface area contributed by atoms with E-state index in [0.29, 0.717) is 6.42 Å². The maximum absolute atomic E-state index is 14.1. The van der Waals surface area contributed by atoms with Gasteiger partial charge in [0.05, 0.1) is 0 Å². The van der Waals surface area contributed by atoms with Gasteiger partial charge in [0, 0.05) is 4.47 Å². The molecule has 0 aliphatic carbocycles. The maximum Gasteiger partial charge on any atom is 0.253 e. The monoisotopic (exact) mass is 360 g/mol. The van der Waals surface area contributed by atoms with Crippen molar-refractivity contribution in [2.45, 2.75) is 38.8 Å². The van der Waals surface area contributed by atoms with Crippen molar-refractivity contribution in [3.63, 3.8) is 0 Å². The minimum Gasteiger partial charge on any atom is -0.340 e. The minimum absolute atomic E-state index is 0.223. The Labute approximate surface area is 129 Å². The van der Waals surface area contributed by atoms with Gasteiger partial charge in [-0.25, -0.2) is 8.78 Å². The van der Waals surface area contributed by atoms with E-state index in [2.05, 4.69) is 21.2 Å². The van der Waals surface area contributed by atoms with E-state index in [4.69, 9.17) is 0 Å². The van der Waals surface area contributed by atoms with E-state index in [1.165, 1.54) is 6.92 Å². The predicted octanol–water partition coefficient (Wildman–Crippen LogP) is 2.75. The van der Waals surface area contributed by atoms with Gasteiger partial charge < -0.3 is 5.32 Å². The van der Waals surface area contributed by atoms with Crippen molar-refractivity contribution in [2.75, 3.05) is 4.90 Å². The van der Waals surface area contributed by atoms with Crippen molar-refractivity contribution >= 4 is 33.4 Å². The molecule has 1 heterocycles. The third-order valence-electron chi connectivity index (χ3n) is 3.79. The SMILES string of the molecule is CCC1(C)NC(=O)C(C)N(c2c(F)cc(Br)cc2F)C1=O. The fourth-order valence-corrected chi connectivity index (χ4v) is 2.69. The van der Waals surface area contributed by atoms with Gasteiger partial charge >= 0.3 is 0 Å². The molecule has 0 bridgehead atoms. The first-order valence-electron chi connectivity index (χ1n) is 6.51. The molecule has 1 aromatic rings. The van der Waals surface area contributed by atoms with Crippen LogP contribution in [0.25, 0.3) is 0 Å². The van der Waals surface area contributed by atoms with Crippen LogP contribution in [0.1, 0.15) is 27.2 Å². The summed E-state index contributed by atoms with van der Waals surface area (Å²) >= 11 is 2.99. The van der Waals surface area contributed by atoms with Crippen molar-refractivity contribution < 1.29 is 18.4 Å². The van der Waals surface area contributed by atoms with Crippen LogP contribution in [0.15, 0.2) is 16.6 Å². The second-order valence-electron chi connectivity index (χ2n) is 5.24. The van der Waals surface area contributed by atoms with Crippen LogP contribution < -0.4 is 10.2 Å². The van der Waals surface area contributed by atoms with Crippen LogP contribution in [0, 0.1) is 11.6 Å². The Morgan fingerprint density at radius 1 is 1.33 bits per heavy atom. The standard InChI is InChI=1S/C14H15BrF2N2O2/c1-4-14(3)13(21)19(7(2)12(20)18-14)11-9(16)5-8(15)6-10(11)17/h5-7H,4H2,1-3H3,(H,18,20). The molecule has 7 heteroatoms. The Bertz CT molecular complexity index is 600. The van der Waals surface area contributed by atoms with E-state index in [1.54, 1.807) is 13.8 Å². The van der Waals surface area contributed by atoms with E-state index >= 15 is 0 Å². The first-order chi connectivity index (χ1) is 9.71. The lowest BCUT2D eigenvalue weighted by molar-refractivity contribution is -0.137. The fourth-order valence-electron chi connectivity index (χ4n) is 2.29. The average molecular weight is 361 g/mol. The van der Waals surface area contributed by atoms with Gasteiger partial charge in [0.1, 0.15) is 17.3 Å². The van der Waals surface area contributed by atoms with Crippen LogP contribution in [0.2, 0.25) is 0 Å². The first-order valence-corrected chi connectivity index (χ1v) is 7.30. The van der Waals surface area contributed by atoms with Crippen molar-refractivity contribution in [3.8, 4) is 0 Å². The molecule has 2 unspecified atom stereocenters. The molecule has 0 saturated carbocycles. The van der Waals surface area contributed by atoms with Crippen molar-refractivity contribution in [2.24, 2.45) is 0 Å². The average Bonchev–Trinajstić information content (AvgIpc) is 2.39. The molecule has 0 spiro atoms. The summed E-state index contributed by atoms with van der Waals surface area (Å²) in [5, 5.41) is 2.61. The van der Waals surface area contributed by atoms with E-state index in [9.17, 15) is 18.4 Å². The number of piperazine rings is 1. The third-order valence-corrected chi connectivity index (χ3v) is 4.24. The number of carbonyl (C=O) groups is 2. The van der Waals surface area contributed by atoms with Gasteiger partial charge in [-0.2, -0.15) is 0 Å². The highest BCUT2D eigenvalue weighted by molar-refractivity contribution is 9.10. The largest absolute Gasteiger partial charge is 0.340 e. The molecule has 114 valence electrons. The van der Waals surface area contributed by atoms with E-state index in [-0.39, 0.29) is 4.47 Å². The highest BCUT2D eigenvalue weighted by Gasteiger charge is 2.47. The van der Waals surface area contributed by atoms with Crippen molar-refractivity contribution in [1.29, 1.82) is 0 Å². The Kier molecular flexibility index (Phi) is 4.06. The summed E-state index contributed by atoms with van der Waals surface area (Å²) in [6.45, 7) is 4.70. The molecule has 0 aromatic heterocycles. The summed E-state index contributed by atoms with van der Waals surface area (Å²) in [6, 6.07) is 1.14. The Balaban J connectivity index is 2.60. The van der Waals surface area contributed by atoms with Gasteiger partial charge in [0.15, 0.2) is 11.6 Å². The summed E-state index contributed by atoms with van der Waals surface area (Å²) in [5.74, 6) is -2.76. The lowest BCUT2D eigenvalue weighted by Crippen LogP contribution is -2.69. The number of nitrogens with zero attached hydrogens (tertiary/aromatic N) is 1. The molecule has 1 aliphatic heterocycles. The summed E-state index contributed by atoms with van der Waals surface area (Å²) in [5.41, 5.74) is -1.67. The molecule has 1 aromatic carbocycles. The Morgan fingerprint density at radius 2 is 1.86 bits per heavy atom. The summed E-state index contributed by atoms with van der Waals surface area (Å²) in [6.07, 6.45) is 0.320. The van der Waals surface area contributed by atoms with Gasteiger partial charge in [-0.1, -0.05) is 22.9 Å². The zero-order valence-corrected chi connectivity index (χ0v) is 13.4. The lowest BCUT2D eigenvalue weighted by atomic mass is 9.91. The normalized spacial score (nSPS) is 26.0. The maximum atomic E-state index is 14.1. The molecule has 2 amide bonds. The topological polar surface area (TPSA) is 49.4 Å². The summed E-state index contributed by atoms with van der Waals surface area (Å²) in [7, 11) is 0. The second-order valence-corrected chi connectivity index (χ2v) is 6.16. The number of amides is 2. The summed E-state index contributed by atoms with van der Waals surface area (Å²) in [4.78, 5) is 25.5. The first kappa shape index (κ1) is 15.9. The predicted molar refractivity (Wildman–Crippen MR) is 77.8 cm³/mol. The molecule has 1 fully saturated rings. The number of carbonyl (C=O) groups excluding carboxylic acids is 2. The number of halogens is 3. The van der Waals surface area contributed by atoms with Gasteiger partial charge in [0.2, 0.25) is 5.91 Å². The molecule has 2 rings (SSSR count). The minimum atomic E-state index is -1.17. The van der Waals surface area contributed by atoms with Gasteiger partial charge in [-0.15, -0.1) is 0 Å². The van der Waals surface area contributed by atoms with Gasteiger partial charge in [0.25, 0.3) is 5.91 Å². The van der Waals surface area contributed by atoms with Gasteiger partial charge in [-0.3, -0.25) is 14.5 Å². The highest BCUT2D eigenvalue weighted by Crippen LogP contribution is 2.33. The molecular weight excluding hydrogens is 346 g/mol. The lowest BCUT2D eigenvalue weighted by Gasteiger charge is -2.43. The molecule has 1 saturated heterocycles. The molecule has 1 aliphatic rings. The van der Waals surface area contributed by atoms with Crippen LogP contribution in [0.4, 0.5) is 14.5 Å². The number of anilines is 1. The number of hydrogen-bond acceptors (Lipinski definition) is 2. The van der Waals surface area contributed by atoms with Crippen LogP contribution in [-0.4, -0.2) is 23.4 Å². The van der Waals surface area contributed by atoms with Crippen molar-refractivity contribution in [3.05, 3.63) is 28.2 Å². The Morgan fingerprint density at radius 3 is 2.33 bits per heavy atom. The molecule has 21 heavy (non-hydrogen) atoms. The second kappa shape index (κ2) is 5.36. The van der Waals surface area contributed by atoms with Gasteiger partial charge in [-0.05, 0) is 32.4 Å². The number of benzene rings is 1. The van der Waals surface area contributed by atoms with Crippen LogP contribution in [0.5, 0.6) is 0 Å². The van der Waals surface area contributed by atoms with Crippen LogP contribution in [0.3, 0.4) is 0 Å². The number of rotatable bonds is 2. The summed E-state index contributed by atoms with van der Waals surface area (Å²) < 4.78 is 28.5. The molecular formula is C14H15BrF2N2O2. The van der Waals surface area contributed by atoms with Crippen LogP contribution >= 0.6 is 15.9 Å². The van der Waals surface area contributed by atoms with E-state index in [0.717, 1.165) is 17.0 Å². The number of hydrogen-bond donors (Lipinski definition) is 1.